The van der Waals surface area contributed by atoms with Crippen molar-refractivity contribution in [2.75, 3.05) is 26.2 Å². The van der Waals surface area contributed by atoms with E-state index >= 15 is 0 Å². The predicted molar refractivity (Wildman–Crippen MR) is 91.9 cm³/mol. The zero-order valence-corrected chi connectivity index (χ0v) is 14.0. The zero-order valence-electron chi connectivity index (χ0n) is 14.0. The maximum Gasteiger partial charge on any atom is 0.258 e. The number of likely N-dealkylation sites (tertiary alicyclic amines) is 1. The Morgan fingerprint density at radius 1 is 1.25 bits per heavy atom. The summed E-state index contributed by atoms with van der Waals surface area (Å²) in [6.07, 6.45) is 4.07. The van der Waals surface area contributed by atoms with Crippen LogP contribution in [-0.4, -0.2) is 37.0 Å². The van der Waals surface area contributed by atoms with E-state index in [9.17, 15) is 4.79 Å². The number of carbonyl (C=O) groups excluding carboxylic acids is 1. The molecule has 5 nitrogen and oxygen atoms in total. The minimum absolute atomic E-state index is 0.0235. The second-order valence-corrected chi connectivity index (χ2v) is 6.13. The van der Waals surface area contributed by atoms with Gasteiger partial charge in [0.1, 0.15) is 11.5 Å². The molecule has 1 fully saturated rings. The van der Waals surface area contributed by atoms with Crippen LogP contribution in [0.2, 0.25) is 0 Å². The number of nitrogens with one attached hydrogen (secondary N) is 1. The van der Waals surface area contributed by atoms with Gasteiger partial charge in [0.2, 0.25) is 0 Å². The van der Waals surface area contributed by atoms with Crippen molar-refractivity contribution in [3.8, 4) is 5.75 Å². The Hall–Kier alpha value is -2.27. The molecule has 128 valence electrons. The standard InChI is InChI=1S/C19H24N2O3/c1-15-7-2-3-8-17(15)24-14-19(22)20-13-16(18-9-6-12-23-18)21-10-4-5-11-21/h2-3,6-9,12,16H,4-5,10-11,13-14H2,1H3,(H,20,22). The fourth-order valence-electron chi connectivity index (χ4n) is 3.07. The summed E-state index contributed by atoms with van der Waals surface area (Å²) in [6.45, 7) is 4.61. The van der Waals surface area contributed by atoms with Crippen LogP contribution in [0.5, 0.6) is 5.75 Å². The second kappa shape index (κ2) is 8.02. The summed E-state index contributed by atoms with van der Waals surface area (Å²) in [5.41, 5.74) is 1.02. The molecule has 0 spiro atoms. The number of benzene rings is 1. The first-order valence-corrected chi connectivity index (χ1v) is 8.46. The third kappa shape index (κ3) is 4.17. The molecule has 2 heterocycles. The second-order valence-electron chi connectivity index (χ2n) is 6.13. The summed E-state index contributed by atoms with van der Waals surface area (Å²) in [4.78, 5) is 14.5. The van der Waals surface area contributed by atoms with Gasteiger partial charge in [-0.2, -0.15) is 0 Å². The van der Waals surface area contributed by atoms with E-state index in [2.05, 4.69) is 10.2 Å². The summed E-state index contributed by atoms with van der Waals surface area (Å²) in [5, 5.41) is 2.97. The number of nitrogens with zero attached hydrogens (tertiary/aromatic N) is 1. The van der Waals surface area contributed by atoms with Crippen molar-refractivity contribution in [2.24, 2.45) is 0 Å². The van der Waals surface area contributed by atoms with E-state index < -0.39 is 0 Å². The van der Waals surface area contributed by atoms with Crippen molar-refractivity contribution < 1.29 is 13.9 Å². The van der Waals surface area contributed by atoms with Crippen LogP contribution >= 0.6 is 0 Å². The number of carbonyl (C=O) groups is 1. The van der Waals surface area contributed by atoms with Crippen LogP contribution in [0.1, 0.15) is 30.2 Å². The first kappa shape index (κ1) is 16.6. The van der Waals surface area contributed by atoms with Gasteiger partial charge in [0, 0.05) is 6.54 Å². The lowest BCUT2D eigenvalue weighted by atomic mass is 10.2. The van der Waals surface area contributed by atoms with Crippen molar-refractivity contribution in [1.29, 1.82) is 0 Å². The summed E-state index contributed by atoms with van der Waals surface area (Å²) in [5.74, 6) is 1.53. The van der Waals surface area contributed by atoms with Crippen molar-refractivity contribution >= 4 is 5.91 Å². The maximum atomic E-state index is 12.1. The molecule has 1 aliphatic rings. The molecular weight excluding hydrogens is 304 g/mol. The number of ether oxygens (including phenoxy) is 1. The largest absolute Gasteiger partial charge is 0.484 e. The lowest BCUT2D eigenvalue weighted by Gasteiger charge is -2.26. The fourth-order valence-corrected chi connectivity index (χ4v) is 3.07. The molecule has 1 aromatic heterocycles. The molecule has 0 bridgehead atoms. The molecule has 1 saturated heterocycles. The molecular formula is C19H24N2O3. The first-order valence-electron chi connectivity index (χ1n) is 8.46. The van der Waals surface area contributed by atoms with Crippen LogP contribution in [-0.2, 0) is 4.79 Å². The first-order chi connectivity index (χ1) is 11.7. The third-order valence-electron chi connectivity index (χ3n) is 4.40. The lowest BCUT2D eigenvalue weighted by molar-refractivity contribution is -0.123. The molecule has 1 aliphatic heterocycles. The van der Waals surface area contributed by atoms with E-state index in [4.69, 9.17) is 9.15 Å². The molecule has 1 atom stereocenters. The van der Waals surface area contributed by atoms with Gasteiger partial charge in [-0.05, 0) is 56.6 Å². The Balaban J connectivity index is 1.52. The van der Waals surface area contributed by atoms with Crippen LogP contribution in [0.4, 0.5) is 0 Å². The SMILES string of the molecule is Cc1ccccc1OCC(=O)NCC(c1ccco1)N1CCCC1. The highest BCUT2D eigenvalue weighted by Gasteiger charge is 2.25. The van der Waals surface area contributed by atoms with E-state index in [0.717, 1.165) is 30.2 Å². The quantitative estimate of drug-likeness (QED) is 0.849. The number of hydrogen-bond donors (Lipinski definition) is 1. The van der Waals surface area contributed by atoms with E-state index in [0.29, 0.717) is 6.54 Å². The maximum absolute atomic E-state index is 12.1. The molecule has 1 unspecified atom stereocenters. The summed E-state index contributed by atoms with van der Waals surface area (Å²) in [7, 11) is 0. The highest BCUT2D eigenvalue weighted by molar-refractivity contribution is 5.77. The number of para-hydroxylation sites is 1. The molecule has 3 rings (SSSR count). The van der Waals surface area contributed by atoms with Crippen LogP contribution < -0.4 is 10.1 Å². The van der Waals surface area contributed by atoms with Gasteiger partial charge >= 0.3 is 0 Å². The monoisotopic (exact) mass is 328 g/mol. The molecule has 0 saturated carbocycles. The molecule has 1 amide bonds. The van der Waals surface area contributed by atoms with Crippen LogP contribution in [0.3, 0.4) is 0 Å². The van der Waals surface area contributed by atoms with Gasteiger partial charge in [0.15, 0.2) is 6.61 Å². The molecule has 1 N–H and O–H groups in total. The van der Waals surface area contributed by atoms with Gasteiger partial charge in [0.05, 0.1) is 12.3 Å². The predicted octanol–water partition coefficient (Wildman–Crippen LogP) is 2.92. The van der Waals surface area contributed by atoms with Gasteiger partial charge in [-0.15, -0.1) is 0 Å². The number of furan rings is 1. The smallest absolute Gasteiger partial charge is 0.258 e. The van der Waals surface area contributed by atoms with Gasteiger partial charge in [0.25, 0.3) is 5.91 Å². The van der Waals surface area contributed by atoms with E-state index in [-0.39, 0.29) is 18.6 Å². The van der Waals surface area contributed by atoms with Crippen LogP contribution in [0.15, 0.2) is 47.1 Å². The number of rotatable bonds is 7. The summed E-state index contributed by atoms with van der Waals surface area (Å²) >= 11 is 0. The van der Waals surface area contributed by atoms with Crippen LogP contribution in [0.25, 0.3) is 0 Å². The Bertz CT molecular complexity index is 648. The Morgan fingerprint density at radius 2 is 2.04 bits per heavy atom. The van der Waals surface area contributed by atoms with Gasteiger partial charge < -0.3 is 14.5 Å². The van der Waals surface area contributed by atoms with Gasteiger partial charge in [-0.1, -0.05) is 18.2 Å². The molecule has 24 heavy (non-hydrogen) atoms. The minimum Gasteiger partial charge on any atom is -0.484 e. The van der Waals surface area contributed by atoms with Gasteiger partial charge in [-0.3, -0.25) is 9.69 Å². The summed E-state index contributed by atoms with van der Waals surface area (Å²) < 4.78 is 11.2. The average Bonchev–Trinajstić information content (AvgIpc) is 3.28. The van der Waals surface area contributed by atoms with Crippen molar-refractivity contribution in [2.45, 2.75) is 25.8 Å². The lowest BCUT2D eigenvalue weighted by Crippen LogP contribution is -2.38. The average molecular weight is 328 g/mol. The normalized spacial score (nSPS) is 16.0. The Kier molecular flexibility index (Phi) is 5.54. The molecule has 1 aromatic carbocycles. The molecule has 5 heteroatoms. The van der Waals surface area contributed by atoms with Crippen molar-refractivity contribution in [1.82, 2.24) is 10.2 Å². The van der Waals surface area contributed by atoms with Gasteiger partial charge in [-0.25, -0.2) is 0 Å². The Labute approximate surface area is 142 Å². The highest BCUT2D eigenvalue weighted by atomic mass is 16.5. The van der Waals surface area contributed by atoms with Crippen molar-refractivity contribution in [3.05, 3.63) is 54.0 Å². The topological polar surface area (TPSA) is 54.7 Å². The number of hydrogen-bond acceptors (Lipinski definition) is 4. The Morgan fingerprint density at radius 3 is 2.75 bits per heavy atom. The van der Waals surface area contributed by atoms with Crippen molar-refractivity contribution in [3.63, 3.8) is 0 Å². The molecule has 2 aromatic rings. The van der Waals surface area contributed by atoms with E-state index in [1.165, 1.54) is 12.8 Å². The summed E-state index contributed by atoms with van der Waals surface area (Å²) in [6, 6.07) is 11.6. The highest BCUT2D eigenvalue weighted by Crippen LogP contribution is 2.24. The zero-order chi connectivity index (χ0) is 16.8. The molecule has 0 aliphatic carbocycles. The minimum atomic E-state index is -0.117. The van der Waals surface area contributed by atoms with Crippen LogP contribution in [0, 0.1) is 6.92 Å². The number of aryl methyl sites for hydroxylation is 1. The van der Waals surface area contributed by atoms with E-state index in [1.54, 1.807) is 6.26 Å². The van der Waals surface area contributed by atoms with E-state index in [1.807, 2.05) is 43.3 Å². The number of amides is 1. The fraction of sp³-hybridized carbons (Fsp3) is 0.421. The molecule has 0 radical (unpaired) electrons. The third-order valence-corrected chi connectivity index (χ3v) is 4.40.